The van der Waals surface area contributed by atoms with Gasteiger partial charge in [0.2, 0.25) is 0 Å². The molecule has 1 fully saturated rings. The Kier molecular flexibility index (Phi) is 5.38. The summed E-state index contributed by atoms with van der Waals surface area (Å²) < 4.78 is 2.00. The van der Waals surface area contributed by atoms with Crippen LogP contribution in [0, 0.1) is 17.2 Å². The predicted octanol–water partition coefficient (Wildman–Crippen LogP) is 5.08. The van der Waals surface area contributed by atoms with E-state index < -0.39 is 5.60 Å². The van der Waals surface area contributed by atoms with Crippen LogP contribution >= 0.6 is 0 Å². The summed E-state index contributed by atoms with van der Waals surface area (Å²) >= 11 is 0. The lowest BCUT2D eigenvalue weighted by Crippen LogP contribution is -2.49. The van der Waals surface area contributed by atoms with E-state index in [4.69, 9.17) is 10.1 Å². The molecular weight excluding hydrogens is 434 g/mol. The Hall–Kier alpha value is -3.56. The number of rotatable bonds is 4. The largest absolute Gasteiger partial charge is 0.389 e. The van der Waals surface area contributed by atoms with Crippen LogP contribution in [0.2, 0.25) is 0 Å². The number of pyridine rings is 2. The van der Waals surface area contributed by atoms with E-state index in [1.165, 1.54) is 11.1 Å². The standard InChI is InChI=1S/C29H29N5O/c30-12-11-28(35)9-10-29(19-24-6-1-2-13-32-24)23(18-28)5-3-4-21-17-27-22(16-26(21)29)20-33-34(27)25-7-14-31-15-8-25/h1-2,6-8,13-17,20,23,35H,3-5,9-11,18-19H2/t23-,28-,29-/m0/s1. The first-order chi connectivity index (χ1) is 17.1. The molecule has 6 nitrogen and oxygen atoms in total. The zero-order chi connectivity index (χ0) is 23.9. The van der Waals surface area contributed by atoms with Crippen molar-refractivity contribution in [3.8, 4) is 11.8 Å². The number of aromatic nitrogens is 4. The molecule has 2 aliphatic carbocycles. The van der Waals surface area contributed by atoms with Gasteiger partial charge in [-0.2, -0.15) is 10.4 Å². The summed E-state index contributed by atoms with van der Waals surface area (Å²) in [4.78, 5) is 8.85. The van der Waals surface area contributed by atoms with Crippen LogP contribution < -0.4 is 0 Å². The molecule has 6 heteroatoms. The number of hydrogen-bond acceptors (Lipinski definition) is 5. The summed E-state index contributed by atoms with van der Waals surface area (Å²) in [6, 6.07) is 17.0. The molecule has 0 amide bonds. The normalized spacial score (nSPS) is 25.9. The van der Waals surface area contributed by atoms with Crippen molar-refractivity contribution in [2.75, 3.05) is 0 Å². The van der Waals surface area contributed by atoms with Gasteiger partial charge in [0, 0.05) is 35.1 Å². The Morgan fingerprint density at radius 2 is 2.00 bits per heavy atom. The second kappa shape index (κ2) is 8.58. The number of nitriles is 1. The van der Waals surface area contributed by atoms with Gasteiger partial charge in [0.1, 0.15) is 0 Å². The summed E-state index contributed by atoms with van der Waals surface area (Å²) in [5.74, 6) is 0.297. The van der Waals surface area contributed by atoms with E-state index in [0.29, 0.717) is 18.8 Å². The van der Waals surface area contributed by atoms with Crippen molar-refractivity contribution in [2.24, 2.45) is 5.92 Å². The van der Waals surface area contributed by atoms with Crippen LogP contribution in [0.3, 0.4) is 0 Å². The van der Waals surface area contributed by atoms with Crippen LogP contribution in [0.25, 0.3) is 16.6 Å². The Morgan fingerprint density at radius 3 is 2.80 bits per heavy atom. The van der Waals surface area contributed by atoms with E-state index in [-0.39, 0.29) is 11.8 Å². The number of fused-ring (bicyclic) bond motifs is 4. The molecule has 0 radical (unpaired) electrons. The highest BCUT2D eigenvalue weighted by atomic mass is 16.3. The highest BCUT2D eigenvalue weighted by molar-refractivity contribution is 5.82. The lowest BCUT2D eigenvalue weighted by atomic mass is 9.56. The smallest absolute Gasteiger partial charge is 0.0780 e. The molecule has 0 unspecified atom stereocenters. The van der Waals surface area contributed by atoms with Gasteiger partial charge >= 0.3 is 0 Å². The third kappa shape index (κ3) is 3.81. The van der Waals surface area contributed by atoms with E-state index in [1.807, 2.05) is 35.3 Å². The molecule has 35 heavy (non-hydrogen) atoms. The number of nitrogens with zero attached hydrogens (tertiary/aromatic N) is 5. The van der Waals surface area contributed by atoms with Crippen LogP contribution in [0.15, 0.2) is 67.3 Å². The van der Waals surface area contributed by atoms with Crippen molar-refractivity contribution in [3.63, 3.8) is 0 Å². The van der Waals surface area contributed by atoms with Gasteiger partial charge in [-0.3, -0.25) is 9.97 Å². The highest BCUT2D eigenvalue weighted by Crippen LogP contribution is 2.54. The molecule has 176 valence electrons. The maximum absolute atomic E-state index is 11.3. The fourth-order valence-electron chi connectivity index (χ4n) is 6.63. The first kappa shape index (κ1) is 21.9. The zero-order valence-corrected chi connectivity index (χ0v) is 19.8. The summed E-state index contributed by atoms with van der Waals surface area (Å²) in [5.41, 5.74) is 4.94. The summed E-state index contributed by atoms with van der Waals surface area (Å²) in [6.45, 7) is 0. The van der Waals surface area contributed by atoms with Gasteiger partial charge in [0.25, 0.3) is 0 Å². The van der Waals surface area contributed by atoms with E-state index in [9.17, 15) is 10.4 Å². The molecule has 0 bridgehead atoms. The second-order valence-corrected chi connectivity index (χ2v) is 10.3. The average molecular weight is 464 g/mol. The third-order valence-corrected chi connectivity index (χ3v) is 8.31. The van der Waals surface area contributed by atoms with Crippen molar-refractivity contribution in [1.82, 2.24) is 19.7 Å². The zero-order valence-electron chi connectivity index (χ0n) is 19.8. The van der Waals surface area contributed by atoms with E-state index in [2.05, 4.69) is 35.3 Å². The molecule has 6 rings (SSSR count). The van der Waals surface area contributed by atoms with Crippen LogP contribution in [0.5, 0.6) is 0 Å². The van der Waals surface area contributed by atoms with Gasteiger partial charge in [0.15, 0.2) is 0 Å². The molecule has 0 spiro atoms. The molecule has 3 atom stereocenters. The average Bonchev–Trinajstić information content (AvgIpc) is 3.23. The third-order valence-electron chi connectivity index (χ3n) is 8.31. The van der Waals surface area contributed by atoms with Gasteiger partial charge < -0.3 is 5.11 Å². The van der Waals surface area contributed by atoms with Crippen molar-refractivity contribution >= 4 is 10.9 Å². The van der Waals surface area contributed by atoms with Crippen LogP contribution in [0.1, 0.15) is 55.3 Å². The molecule has 3 aromatic heterocycles. The maximum atomic E-state index is 11.3. The summed E-state index contributed by atoms with van der Waals surface area (Å²) in [6.07, 6.45) is 13.7. The maximum Gasteiger partial charge on any atom is 0.0780 e. The minimum atomic E-state index is -0.895. The first-order valence-electron chi connectivity index (χ1n) is 12.5. The van der Waals surface area contributed by atoms with Crippen LogP contribution in [-0.4, -0.2) is 30.5 Å². The molecule has 0 saturated heterocycles. The predicted molar refractivity (Wildman–Crippen MR) is 134 cm³/mol. The van der Waals surface area contributed by atoms with Gasteiger partial charge in [-0.25, -0.2) is 4.68 Å². The Morgan fingerprint density at radius 1 is 1.11 bits per heavy atom. The fraction of sp³-hybridized carbons (Fsp3) is 0.379. The van der Waals surface area contributed by atoms with Crippen molar-refractivity contribution in [1.29, 1.82) is 5.26 Å². The number of aliphatic hydroxyl groups is 1. The lowest BCUT2D eigenvalue weighted by molar-refractivity contribution is -0.0439. The number of aryl methyl sites for hydroxylation is 1. The molecule has 1 saturated carbocycles. The summed E-state index contributed by atoms with van der Waals surface area (Å²) in [5, 5.41) is 26.5. The molecular formula is C29H29N5O. The molecule has 2 aliphatic rings. The van der Waals surface area contributed by atoms with E-state index in [1.54, 1.807) is 12.4 Å². The van der Waals surface area contributed by atoms with Crippen molar-refractivity contribution in [3.05, 3.63) is 84.1 Å². The molecule has 0 aliphatic heterocycles. The Labute approximate surface area is 205 Å². The van der Waals surface area contributed by atoms with E-state index in [0.717, 1.165) is 54.4 Å². The Balaban J connectivity index is 1.51. The quantitative estimate of drug-likeness (QED) is 0.456. The van der Waals surface area contributed by atoms with E-state index >= 15 is 0 Å². The first-order valence-corrected chi connectivity index (χ1v) is 12.5. The fourth-order valence-corrected chi connectivity index (χ4v) is 6.63. The lowest BCUT2D eigenvalue weighted by Gasteiger charge is -2.50. The molecule has 1 aromatic carbocycles. The molecule has 1 N–H and O–H groups in total. The van der Waals surface area contributed by atoms with Gasteiger partial charge in [-0.1, -0.05) is 6.07 Å². The van der Waals surface area contributed by atoms with Crippen LogP contribution in [-0.2, 0) is 18.3 Å². The van der Waals surface area contributed by atoms with Gasteiger partial charge in [-0.15, -0.1) is 0 Å². The monoisotopic (exact) mass is 463 g/mol. The number of hydrogen-bond donors (Lipinski definition) is 1. The summed E-state index contributed by atoms with van der Waals surface area (Å²) in [7, 11) is 0. The molecule has 3 heterocycles. The highest BCUT2D eigenvalue weighted by Gasteiger charge is 2.51. The second-order valence-electron chi connectivity index (χ2n) is 10.3. The Bertz CT molecular complexity index is 1390. The van der Waals surface area contributed by atoms with Gasteiger partial charge in [0.05, 0.1) is 35.5 Å². The van der Waals surface area contributed by atoms with Crippen LogP contribution in [0.4, 0.5) is 0 Å². The minimum absolute atomic E-state index is 0.116. The SMILES string of the molecule is N#CC[C@@]1(O)CC[C@@]2(Cc3ccccn3)c3cc4cnn(-c5ccncc5)c4cc3CCC[C@H]2C1. The van der Waals surface area contributed by atoms with Gasteiger partial charge in [-0.05, 0) is 98.4 Å². The molecule has 4 aromatic rings. The topological polar surface area (TPSA) is 87.6 Å². The number of benzene rings is 1. The minimum Gasteiger partial charge on any atom is -0.389 e. The van der Waals surface area contributed by atoms with Crippen molar-refractivity contribution < 1.29 is 5.11 Å². The van der Waals surface area contributed by atoms with Crippen molar-refractivity contribution in [2.45, 2.75) is 62.4 Å².